The fraction of sp³-hybridized carbons (Fsp3) is 0.250. The van der Waals surface area contributed by atoms with Crippen LogP contribution in [0.5, 0.6) is 0 Å². The second-order valence-corrected chi connectivity index (χ2v) is 3.21. The Labute approximate surface area is 94.7 Å². The van der Waals surface area contributed by atoms with E-state index in [0.717, 1.165) is 5.56 Å². The predicted molar refractivity (Wildman–Crippen MR) is 62.7 cm³/mol. The minimum atomic E-state index is -0.146. The van der Waals surface area contributed by atoms with Crippen molar-refractivity contribution in [2.75, 3.05) is 18.4 Å². The summed E-state index contributed by atoms with van der Waals surface area (Å²) in [5.74, 6) is 2.24. The van der Waals surface area contributed by atoms with Gasteiger partial charge in [-0.15, -0.1) is 6.42 Å². The van der Waals surface area contributed by atoms with Gasteiger partial charge in [-0.05, 0) is 17.7 Å². The summed E-state index contributed by atoms with van der Waals surface area (Å²) in [6.45, 7) is 0.556. The molecule has 0 aliphatic rings. The Bertz CT molecular complexity index is 379. The quantitative estimate of drug-likeness (QED) is 0.493. The lowest BCUT2D eigenvalue weighted by atomic mass is 10.2. The van der Waals surface area contributed by atoms with Gasteiger partial charge in [0.25, 0.3) is 0 Å². The van der Waals surface area contributed by atoms with E-state index < -0.39 is 0 Å². The van der Waals surface area contributed by atoms with Gasteiger partial charge in [-0.25, -0.2) is 0 Å². The summed E-state index contributed by atoms with van der Waals surface area (Å²) in [5.41, 5.74) is 1.51. The first-order valence-electron chi connectivity index (χ1n) is 4.90. The monoisotopic (exact) mass is 218 g/mol. The van der Waals surface area contributed by atoms with Gasteiger partial charge >= 0.3 is 0 Å². The molecule has 0 unspecified atom stereocenters. The average Bonchev–Trinajstić information content (AvgIpc) is 2.30. The van der Waals surface area contributed by atoms with Crippen LogP contribution in [-0.2, 0) is 11.4 Å². The van der Waals surface area contributed by atoms with E-state index in [9.17, 15) is 4.79 Å². The zero-order valence-electron chi connectivity index (χ0n) is 8.86. The summed E-state index contributed by atoms with van der Waals surface area (Å²) in [6.07, 6.45) is 5.03. The molecule has 0 atom stereocenters. The summed E-state index contributed by atoms with van der Waals surface area (Å²) in [7, 11) is 0. The average molecular weight is 218 g/mol. The van der Waals surface area contributed by atoms with Crippen LogP contribution in [0, 0.1) is 12.3 Å². The molecule has 0 heterocycles. The van der Waals surface area contributed by atoms with Crippen molar-refractivity contribution < 1.29 is 9.90 Å². The molecule has 0 aliphatic heterocycles. The maximum Gasteiger partial charge on any atom is 0.238 e. The van der Waals surface area contributed by atoms with Gasteiger partial charge in [-0.3, -0.25) is 10.1 Å². The molecule has 4 heteroatoms. The Kier molecular flexibility index (Phi) is 5.06. The number of hydrogen-bond acceptors (Lipinski definition) is 3. The topological polar surface area (TPSA) is 61.4 Å². The van der Waals surface area contributed by atoms with Crippen molar-refractivity contribution in [1.82, 2.24) is 5.32 Å². The number of rotatable bonds is 5. The highest BCUT2D eigenvalue weighted by molar-refractivity contribution is 5.92. The lowest BCUT2D eigenvalue weighted by Gasteiger charge is -2.05. The van der Waals surface area contributed by atoms with E-state index in [2.05, 4.69) is 16.6 Å². The highest BCUT2D eigenvalue weighted by atomic mass is 16.3. The molecule has 0 aromatic heterocycles. The minimum absolute atomic E-state index is 0.00203. The van der Waals surface area contributed by atoms with Crippen LogP contribution in [0.25, 0.3) is 0 Å². The maximum atomic E-state index is 11.4. The lowest BCUT2D eigenvalue weighted by Crippen LogP contribution is -2.28. The number of aliphatic hydroxyl groups excluding tert-OH is 1. The molecule has 84 valence electrons. The number of benzene rings is 1. The number of anilines is 1. The number of carbonyl (C=O) groups is 1. The molecule has 0 saturated heterocycles. The molecule has 1 aromatic rings. The first-order chi connectivity index (χ1) is 7.76. The smallest absolute Gasteiger partial charge is 0.238 e. The third-order valence-corrected chi connectivity index (χ3v) is 1.93. The Morgan fingerprint density at radius 1 is 1.38 bits per heavy atom. The van der Waals surface area contributed by atoms with E-state index in [1.807, 2.05) is 0 Å². The first-order valence-corrected chi connectivity index (χ1v) is 4.90. The van der Waals surface area contributed by atoms with Crippen LogP contribution >= 0.6 is 0 Å². The number of carbonyl (C=O) groups excluding carboxylic acids is 1. The molecule has 1 aromatic carbocycles. The van der Waals surface area contributed by atoms with Crippen LogP contribution in [0.2, 0.25) is 0 Å². The molecule has 16 heavy (non-hydrogen) atoms. The second-order valence-electron chi connectivity index (χ2n) is 3.21. The van der Waals surface area contributed by atoms with E-state index in [1.165, 1.54) is 0 Å². The van der Waals surface area contributed by atoms with Crippen molar-refractivity contribution in [1.29, 1.82) is 0 Å². The fourth-order valence-corrected chi connectivity index (χ4v) is 1.15. The van der Waals surface area contributed by atoms with E-state index in [-0.39, 0.29) is 19.1 Å². The van der Waals surface area contributed by atoms with Gasteiger partial charge in [0.2, 0.25) is 5.91 Å². The van der Waals surface area contributed by atoms with Crippen molar-refractivity contribution in [3.8, 4) is 12.3 Å². The number of aliphatic hydroxyl groups is 1. The molecule has 0 radical (unpaired) electrons. The zero-order chi connectivity index (χ0) is 11.8. The first kappa shape index (κ1) is 12.2. The summed E-state index contributed by atoms with van der Waals surface area (Å²) < 4.78 is 0. The number of nitrogens with one attached hydrogen (secondary N) is 2. The summed E-state index contributed by atoms with van der Waals surface area (Å²) in [5, 5.41) is 14.3. The number of amides is 1. The normalized spacial score (nSPS) is 9.50. The fourth-order valence-electron chi connectivity index (χ4n) is 1.15. The molecule has 0 fully saturated rings. The van der Waals surface area contributed by atoms with E-state index in [1.54, 1.807) is 24.3 Å². The molecule has 0 spiro atoms. The van der Waals surface area contributed by atoms with Crippen LogP contribution in [0.15, 0.2) is 24.3 Å². The maximum absolute atomic E-state index is 11.4. The predicted octanol–water partition coefficient (Wildman–Crippen LogP) is 0.340. The molecule has 1 rings (SSSR count). The van der Waals surface area contributed by atoms with Crippen molar-refractivity contribution in [3.05, 3.63) is 29.8 Å². The van der Waals surface area contributed by atoms with Gasteiger partial charge in [0.1, 0.15) is 0 Å². The van der Waals surface area contributed by atoms with Crippen LogP contribution in [0.1, 0.15) is 5.56 Å². The zero-order valence-corrected chi connectivity index (χ0v) is 8.86. The van der Waals surface area contributed by atoms with Crippen molar-refractivity contribution in [3.63, 3.8) is 0 Å². The Hall–Kier alpha value is -1.83. The van der Waals surface area contributed by atoms with Crippen LogP contribution < -0.4 is 10.6 Å². The third kappa shape index (κ3) is 4.13. The van der Waals surface area contributed by atoms with Crippen LogP contribution in [-0.4, -0.2) is 24.1 Å². The highest BCUT2D eigenvalue weighted by Crippen LogP contribution is 2.08. The van der Waals surface area contributed by atoms with Gasteiger partial charge in [0, 0.05) is 5.69 Å². The van der Waals surface area contributed by atoms with Crippen LogP contribution in [0.4, 0.5) is 5.69 Å². The summed E-state index contributed by atoms with van der Waals surface area (Å²) >= 11 is 0. The van der Waals surface area contributed by atoms with E-state index >= 15 is 0 Å². The Morgan fingerprint density at radius 2 is 2.06 bits per heavy atom. The summed E-state index contributed by atoms with van der Waals surface area (Å²) in [6, 6.07) is 6.99. The molecule has 0 saturated carbocycles. The third-order valence-electron chi connectivity index (χ3n) is 1.93. The second kappa shape index (κ2) is 6.62. The number of hydrogen-bond donors (Lipinski definition) is 3. The van der Waals surface area contributed by atoms with E-state index in [0.29, 0.717) is 12.2 Å². The van der Waals surface area contributed by atoms with Crippen LogP contribution in [0.3, 0.4) is 0 Å². The molecule has 1 amide bonds. The van der Waals surface area contributed by atoms with Gasteiger partial charge in [0.15, 0.2) is 0 Å². The Morgan fingerprint density at radius 3 is 2.62 bits per heavy atom. The largest absolute Gasteiger partial charge is 0.392 e. The molecule has 3 N–H and O–H groups in total. The molecule has 4 nitrogen and oxygen atoms in total. The standard InChI is InChI=1S/C12H14N2O2/c1-2-7-13-8-12(16)14-11-5-3-10(9-15)4-6-11/h1,3-6,13,15H,7-9H2,(H,14,16). The molecule has 0 aliphatic carbocycles. The molecular formula is C12H14N2O2. The van der Waals surface area contributed by atoms with Crippen molar-refractivity contribution in [2.24, 2.45) is 0 Å². The van der Waals surface area contributed by atoms with Crippen molar-refractivity contribution in [2.45, 2.75) is 6.61 Å². The lowest BCUT2D eigenvalue weighted by molar-refractivity contribution is -0.115. The van der Waals surface area contributed by atoms with Gasteiger partial charge in [0.05, 0.1) is 19.7 Å². The van der Waals surface area contributed by atoms with E-state index in [4.69, 9.17) is 11.5 Å². The SMILES string of the molecule is C#CCNCC(=O)Nc1ccc(CO)cc1. The van der Waals surface area contributed by atoms with Crippen molar-refractivity contribution >= 4 is 11.6 Å². The van der Waals surface area contributed by atoms with Gasteiger partial charge in [-0.1, -0.05) is 18.1 Å². The molecular weight excluding hydrogens is 204 g/mol. The summed E-state index contributed by atoms with van der Waals surface area (Å²) in [4.78, 5) is 11.4. The highest BCUT2D eigenvalue weighted by Gasteiger charge is 2.00. The molecule has 0 bridgehead atoms. The van der Waals surface area contributed by atoms with Gasteiger partial charge < -0.3 is 10.4 Å². The minimum Gasteiger partial charge on any atom is -0.392 e. The Balaban J connectivity index is 2.41. The number of terminal acetylenes is 1. The van der Waals surface area contributed by atoms with Gasteiger partial charge in [-0.2, -0.15) is 0 Å².